The normalized spacial score (nSPS) is 15.3. The highest BCUT2D eigenvalue weighted by atomic mass is 15.1. The smallest absolute Gasteiger partial charge is 0.155 e. The number of fused-ring (bicyclic) bond motifs is 1. The van der Waals surface area contributed by atoms with Crippen molar-refractivity contribution in [2.75, 3.05) is 0 Å². The molecule has 0 aromatic carbocycles. The first kappa shape index (κ1) is 7.28. The zero-order valence-electron chi connectivity index (χ0n) is 7.28. The van der Waals surface area contributed by atoms with Crippen LogP contribution in [0, 0.1) is 0 Å². The van der Waals surface area contributed by atoms with Crippen LogP contribution in [0.2, 0.25) is 0 Å². The van der Waals surface area contributed by atoms with Gasteiger partial charge >= 0.3 is 0 Å². The van der Waals surface area contributed by atoms with Crippen LogP contribution in [-0.2, 0) is 13.5 Å². The van der Waals surface area contributed by atoms with Gasteiger partial charge in [-0.15, -0.1) is 0 Å². The van der Waals surface area contributed by atoms with Crippen LogP contribution < -0.4 is 0 Å². The van der Waals surface area contributed by atoms with E-state index in [1.54, 1.807) is 6.33 Å². The van der Waals surface area contributed by atoms with Gasteiger partial charge in [-0.25, -0.2) is 9.98 Å². The zero-order valence-corrected chi connectivity index (χ0v) is 7.28. The Morgan fingerprint density at radius 1 is 1.50 bits per heavy atom. The summed E-state index contributed by atoms with van der Waals surface area (Å²) in [6.07, 6.45) is 6.82. The van der Waals surface area contributed by atoms with Gasteiger partial charge in [-0.3, -0.25) is 0 Å². The number of nitrogens with zero attached hydrogens (tertiary/aromatic N) is 3. The lowest BCUT2D eigenvalue weighted by atomic mass is 10.3. The molecule has 1 aromatic heterocycles. The van der Waals surface area contributed by atoms with Crippen molar-refractivity contribution in [2.45, 2.75) is 13.3 Å². The predicted octanol–water partition coefficient (Wildman–Crippen LogP) is 1.62. The molecule has 0 aliphatic carbocycles. The summed E-state index contributed by atoms with van der Waals surface area (Å²) >= 11 is 0. The molecule has 2 rings (SSSR count). The topological polar surface area (TPSA) is 30.2 Å². The Kier molecular flexibility index (Phi) is 1.57. The highest BCUT2D eigenvalue weighted by Crippen LogP contribution is 2.20. The highest BCUT2D eigenvalue weighted by molar-refractivity contribution is 5.95. The van der Waals surface area contributed by atoms with Gasteiger partial charge in [-0.2, -0.15) is 0 Å². The van der Waals surface area contributed by atoms with Gasteiger partial charge in [0.15, 0.2) is 5.82 Å². The number of hydrogen-bond acceptors (Lipinski definition) is 2. The number of imidazole rings is 1. The van der Waals surface area contributed by atoms with Crippen molar-refractivity contribution in [1.29, 1.82) is 0 Å². The summed E-state index contributed by atoms with van der Waals surface area (Å²) in [5.74, 6) is 0.984. The van der Waals surface area contributed by atoms with E-state index in [9.17, 15) is 0 Å². The molecule has 0 atom stereocenters. The van der Waals surface area contributed by atoms with Crippen LogP contribution in [0.1, 0.15) is 12.6 Å². The van der Waals surface area contributed by atoms with Gasteiger partial charge < -0.3 is 4.57 Å². The molecule has 1 aliphatic heterocycles. The molecule has 0 radical (unpaired) electrons. The first-order valence-electron chi connectivity index (χ1n) is 3.99. The maximum absolute atomic E-state index is 4.43. The molecule has 0 N–H and O–H groups in total. The summed E-state index contributed by atoms with van der Waals surface area (Å²) in [5, 5.41) is 0. The maximum Gasteiger partial charge on any atom is 0.155 e. The third kappa shape index (κ3) is 1.07. The minimum absolute atomic E-state index is 0.886. The predicted molar refractivity (Wildman–Crippen MR) is 48.8 cm³/mol. The first-order chi connectivity index (χ1) is 5.77. The molecule has 0 bridgehead atoms. The fourth-order valence-electron chi connectivity index (χ4n) is 1.31. The molecule has 2 heterocycles. The lowest BCUT2D eigenvalue weighted by Crippen LogP contribution is -1.87. The molecule has 12 heavy (non-hydrogen) atoms. The van der Waals surface area contributed by atoms with Crippen LogP contribution in [0.15, 0.2) is 23.5 Å². The Morgan fingerprint density at radius 2 is 2.33 bits per heavy atom. The molecule has 1 aliphatic rings. The van der Waals surface area contributed by atoms with Crippen molar-refractivity contribution in [2.24, 2.45) is 12.0 Å². The SMILES string of the molecule is CC1=Nc2c(ncn2C)CC=C1. The lowest BCUT2D eigenvalue weighted by Gasteiger charge is -1.96. The van der Waals surface area contributed by atoms with E-state index in [-0.39, 0.29) is 0 Å². The second-order valence-electron chi connectivity index (χ2n) is 2.99. The number of aromatic nitrogens is 2. The maximum atomic E-state index is 4.43. The van der Waals surface area contributed by atoms with Crippen molar-refractivity contribution >= 4 is 11.5 Å². The van der Waals surface area contributed by atoms with Crippen molar-refractivity contribution in [3.8, 4) is 0 Å². The van der Waals surface area contributed by atoms with Crippen molar-refractivity contribution in [1.82, 2.24) is 9.55 Å². The van der Waals surface area contributed by atoms with Crippen LogP contribution in [0.4, 0.5) is 5.82 Å². The monoisotopic (exact) mass is 161 g/mol. The standard InChI is InChI=1S/C9H11N3/c1-7-4-3-5-8-9(11-7)12(2)6-10-8/h3-4,6H,5H2,1-2H3. The third-order valence-electron chi connectivity index (χ3n) is 1.93. The summed E-state index contributed by atoms with van der Waals surface area (Å²) < 4.78 is 1.95. The average molecular weight is 161 g/mol. The largest absolute Gasteiger partial charge is 0.319 e. The molecule has 1 aromatic rings. The Bertz CT molecular complexity index is 358. The average Bonchev–Trinajstić information content (AvgIpc) is 2.31. The van der Waals surface area contributed by atoms with Crippen LogP contribution in [-0.4, -0.2) is 15.3 Å². The fraction of sp³-hybridized carbons (Fsp3) is 0.333. The van der Waals surface area contributed by atoms with Crippen molar-refractivity contribution < 1.29 is 0 Å². The molecule has 3 nitrogen and oxygen atoms in total. The van der Waals surface area contributed by atoms with E-state index in [1.165, 1.54) is 0 Å². The number of aliphatic imine (C=N–C) groups is 1. The van der Waals surface area contributed by atoms with Gasteiger partial charge in [-0.05, 0) is 13.0 Å². The third-order valence-corrected chi connectivity index (χ3v) is 1.93. The highest BCUT2D eigenvalue weighted by Gasteiger charge is 2.08. The molecule has 0 saturated heterocycles. The molecular formula is C9H11N3. The quantitative estimate of drug-likeness (QED) is 0.568. The van der Waals surface area contributed by atoms with Gasteiger partial charge in [-0.1, -0.05) is 6.08 Å². The molecule has 0 fully saturated rings. The number of aryl methyl sites for hydroxylation is 1. The summed E-state index contributed by atoms with van der Waals surface area (Å²) in [7, 11) is 1.97. The van der Waals surface area contributed by atoms with Crippen LogP contribution in [0.5, 0.6) is 0 Å². The minimum atomic E-state index is 0.886. The van der Waals surface area contributed by atoms with Gasteiger partial charge in [0, 0.05) is 19.2 Å². The molecule has 0 saturated carbocycles. The van der Waals surface area contributed by atoms with Crippen LogP contribution >= 0.6 is 0 Å². The van der Waals surface area contributed by atoms with Gasteiger partial charge in [0.25, 0.3) is 0 Å². The molecule has 3 heteroatoms. The number of allylic oxidation sites excluding steroid dienone is 2. The molecule has 0 spiro atoms. The van der Waals surface area contributed by atoms with E-state index < -0.39 is 0 Å². The minimum Gasteiger partial charge on any atom is -0.319 e. The summed E-state index contributed by atoms with van der Waals surface area (Å²) in [4.78, 5) is 8.68. The van der Waals surface area contributed by atoms with Crippen molar-refractivity contribution in [3.63, 3.8) is 0 Å². The van der Waals surface area contributed by atoms with E-state index in [1.807, 2.05) is 24.6 Å². The second-order valence-corrected chi connectivity index (χ2v) is 2.99. The Labute approximate surface area is 71.5 Å². The van der Waals surface area contributed by atoms with E-state index in [0.717, 1.165) is 23.6 Å². The fourth-order valence-corrected chi connectivity index (χ4v) is 1.31. The van der Waals surface area contributed by atoms with Gasteiger partial charge in [0.1, 0.15) is 0 Å². The Balaban J connectivity index is 2.57. The Hall–Kier alpha value is -1.38. The summed E-state index contributed by atoms with van der Waals surface area (Å²) in [5.41, 5.74) is 2.10. The van der Waals surface area contributed by atoms with E-state index >= 15 is 0 Å². The molecular weight excluding hydrogens is 150 g/mol. The first-order valence-corrected chi connectivity index (χ1v) is 3.99. The van der Waals surface area contributed by atoms with Crippen LogP contribution in [0.25, 0.3) is 0 Å². The molecule has 62 valence electrons. The second kappa shape index (κ2) is 2.59. The molecule has 0 amide bonds. The number of hydrogen-bond donors (Lipinski definition) is 0. The van der Waals surface area contributed by atoms with Gasteiger partial charge in [0.05, 0.1) is 12.0 Å². The van der Waals surface area contributed by atoms with Gasteiger partial charge in [0.2, 0.25) is 0 Å². The summed E-state index contributed by atoms with van der Waals surface area (Å²) in [6.45, 7) is 2.00. The molecule has 0 unspecified atom stereocenters. The lowest BCUT2D eigenvalue weighted by molar-refractivity contribution is 0.911. The van der Waals surface area contributed by atoms with Crippen molar-refractivity contribution in [3.05, 3.63) is 24.2 Å². The van der Waals surface area contributed by atoms with E-state index in [2.05, 4.69) is 16.1 Å². The van der Waals surface area contributed by atoms with Crippen LogP contribution in [0.3, 0.4) is 0 Å². The van der Waals surface area contributed by atoms with E-state index in [0.29, 0.717) is 0 Å². The van der Waals surface area contributed by atoms with E-state index in [4.69, 9.17) is 0 Å². The Morgan fingerprint density at radius 3 is 3.17 bits per heavy atom. The number of rotatable bonds is 0. The summed E-state index contributed by atoms with van der Waals surface area (Å²) in [6, 6.07) is 0. The zero-order chi connectivity index (χ0) is 8.55.